The zero-order valence-electron chi connectivity index (χ0n) is 11.1. The lowest BCUT2D eigenvalue weighted by Gasteiger charge is -2.42. The second-order valence-corrected chi connectivity index (χ2v) is 6.00. The normalized spacial score (nSPS) is 22.6. The molecule has 3 nitrogen and oxygen atoms in total. The molecule has 0 bridgehead atoms. The van der Waals surface area contributed by atoms with Crippen LogP contribution in [0.2, 0.25) is 0 Å². The molecule has 0 aliphatic heterocycles. The average Bonchev–Trinajstić information content (AvgIpc) is 2.19. The maximum Gasteiger partial charge on any atom is 0.220 e. The predicted molar refractivity (Wildman–Crippen MR) is 69.8 cm³/mol. The van der Waals surface area contributed by atoms with Crippen LogP contribution in [0.4, 0.5) is 0 Å². The van der Waals surface area contributed by atoms with E-state index >= 15 is 0 Å². The van der Waals surface area contributed by atoms with Crippen LogP contribution in [0.15, 0.2) is 0 Å². The topological polar surface area (TPSA) is 41.1 Å². The summed E-state index contributed by atoms with van der Waals surface area (Å²) in [5, 5.41) is 6.39. The van der Waals surface area contributed by atoms with Crippen LogP contribution in [0.5, 0.6) is 0 Å². The van der Waals surface area contributed by atoms with E-state index in [4.69, 9.17) is 0 Å². The highest BCUT2D eigenvalue weighted by Crippen LogP contribution is 2.39. The molecule has 17 heavy (non-hydrogen) atoms. The van der Waals surface area contributed by atoms with Gasteiger partial charge in [0, 0.05) is 24.9 Å². The van der Waals surface area contributed by atoms with Gasteiger partial charge in [-0.25, -0.2) is 0 Å². The van der Waals surface area contributed by atoms with Gasteiger partial charge in [0.2, 0.25) is 5.91 Å². The molecule has 2 aliphatic carbocycles. The summed E-state index contributed by atoms with van der Waals surface area (Å²) < 4.78 is 0. The Balaban J connectivity index is 1.60. The minimum atomic E-state index is 0.263. The summed E-state index contributed by atoms with van der Waals surface area (Å²) in [5.74, 6) is 1.11. The number of nitrogens with one attached hydrogen (secondary N) is 2. The van der Waals surface area contributed by atoms with Gasteiger partial charge >= 0.3 is 0 Å². The third kappa shape index (κ3) is 3.44. The van der Waals surface area contributed by atoms with E-state index in [9.17, 15) is 4.79 Å². The zero-order valence-corrected chi connectivity index (χ0v) is 11.1. The van der Waals surface area contributed by atoms with Crippen molar-refractivity contribution in [1.29, 1.82) is 0 Å². The first-order valence-electron chi connectivity index (χ1n) is 7.15. The quantitative estimate of drug-likeness (QED) is 0.713. The molecule has 0 aromatic carbocycles. The third-order valence-corrected chi connectivity index (χ3v) is 4.63. The summed E-state index contributed by atoms with van der Waals surface area (Å²) >= 11 is 0. The molecule has 3 heteroatoms. The van der Waals surface area contributed by atoms with Crippen LogP contribution < -0.4 is 10.6 Å². The van der Waals surface area contributed by atoms with Crippen LogP contribution in [-0.2, 0) is 4.79 Å². The highest BCUT2D eigenvalue weighted by Gasteiger charge is 2.36. The highest BCUT2D eigenvalue weighted by atomic mass is 16.1. The van der Waals surface area contributed by atoms with Crippen molar-refractivity contribution in [3.8, 4) is 0 Å². The average molecular weight is 238 g/mol. The fourth-order valence-corrected chi connectivity index (χ4v) is 2.96. The number of carbonyl (C=O) groups is 1. The Morgan fingerprint density at radius 3 is 2.47 bits per heavy atom. The molecule has 2 rings (SSSR count). The molecule has 0 atom stereocenters. The molecule has 2 saturated carbocycles. The molecular weight excluding hydrogens is 212 g/mol. The molecule has 0 aromatic heterocycles. The smallest absolute Gasteiger partial charge is 0.220 e. The van der Waals surface area contributed by atoms with Gasteiger partial charge in [0.25, 0.3) is 0 Å². The fourth-order valence-electron chi connectivity index (χ4n) is 2.96. The van der Waals surface area contributed by atoms with E-state index in [1.807, 2.05) is 7.05 Å². The first kappa shape index (κ1) is 12.9. The minimum Gasteiger partial charge on any atom is -0.355 e. The van der Waals surface area contributed by atoms with E-state index < -0.39 is 0 Å². The summed E-state index contributed by atoms with van der Waals surface area (Å²) in [7, 11) is 2.00. The summed E-state index contributed by atoms with van der Waals surface area (Å²) in [6.45, 7) is 1.91. The SMILES string of the molecule is CNCC1(CNC(=O)CCC2CCC2)CCC1. The molecule has 2 N–H and O–H groups in total. The van der Waals surface area contributed by atoms with Crippen molar-refractivity contribution in [1.82, 2.24) is 10.6 Å². The summed E-state index contributed by atoms with van der Waals surface area (Å²) in [5.41, 5.74) is 0.362. The molecule has 0 radical (unpaired) electrons. The standard InChI is InChI=1S/C14H26N2O/c1-15-10-14(8-3-9-14)11-16-13(17)7-6-12-4-2-5-12/h12,15H,2-11H2,1H3,(H,16,17). The maximum atomic E-state index is 11.7. The lowest BCUT2D eigenvalue weighted by atomic mass is 9.68. The second-order valence-electron chi connectivity index (χ2n) is 6.00. The molecule has 2 fully saturated rings. The van der Waals surface area contributed by atoms with Crippen molar-refractivity contribution in [3.63, 3.8) is 0 Å². The minimum absolute atomic E-state index is 0.263. The zero-order chi connectivity index (χ0) is 12.1. The van der Waals surface area contributed by atoms with E-state index in [0.29, 0.717) is 5.41 Å². The largest absolute Gasteiger partial charge is 0.355 e. The second kappa shape index (κ2) is 5.85. The number of carbonyl (C=O) groups excluding carboxylic acids is 1. The highest BCUT2D eigenvalue weighted by molar-refractivity contribution is 5.75. The molecule has 98 valence electrons. The Kier molecular flexibility index (Phi) is 4.43. The summed E-state index contributed by atoms with van der Waals surface area (Å²) in [4.78, 5) is 11.7. The van der Waals surface area contributed by atoms with Gasteiger partial charge in [-0.1, -0.05) is 25.7 Å². The van der Waals surface area contributed by atoms with E-state index in [1.54, 1.807) is 0 Å². The van der Waals surface area contributed by atoms with Crippen molar-refractivity contribution in [2.45, 2.75) is 51.4 Å². The lowest BCUT2D eigenvalue weighted by Crippen LogP contribution is -2.47. The van der Waals surface area contributed by atoms with Gasteiger partial charge in [-0.05, 0) is 32.2 Å². The van der Waals surface area contributed by atoms with Crippen molar-refractivity contribution in [3.05, 3.63) is 0 Å². The van der Waals surface area contributed by atoms with Crippen molar-refractivity contribution < 1.29 is 4.79 Å². The lowest BCUT2D eigenvalue weighted by molar-refractivity contribution is -0.122. The number of amides is 1. The Hall–Kier alpha value is -0.570. The molecule has 0 unspecified atom stereocenters. The Bertz CT molecular complexity index is 257. The molecule has 0 aromatic rings. The van der Waals surface area contributed by atoms with Crippen molar-refractivity contribution in [2.75, 3.05) is 20.1 Å². The van der Waals surface area contributed by atoms with Crippen LogP contribution in [0, 0.1) is 11.3 Å². The molecule has 0 saturated heterocycles. The van der Waals surface area contributed by atoms with Gasteiger partial charge in [-0.15, -0.1) is 0 Å². The number of hydrogen-bond acceptors (Lipinski definition) is 2. The van der Waals surface area contributed by atoms with Crippen LogP contribution in [0.3, 0.4) is 0 Å². The van der Waals surface area contributed by atoms with E-state index in [2.05, 4.69) is 10.6 Å². The summed E-state index contributed by atoms with van der Waals surface area (Å²) in [6.07, 6.45) is 9.74. The van der Waals surface area contributed by atoms with E-state index in [0.717, 1.165) is 31.8 Å². The monoisotopic (exact) mass is 238 g/mol. The van der Waals surface area contributed by atoms with Crippen LogP contribution >= 0.6 is 0 Å². The summed E-state index contributed by atoms with van der Waals surface area (Å²) in [6, 6.07) is 0. The third-order valence-electron chi connectivity index (χ3n) is 4.63. The van der Waals surface area contributed by atoms with Gasteiger partial charge < -0.3 is 10.6 Å². The van der Waals surface area contributed by atoms with Crippen LogP contribution in [-0.4, -0.2) is 26.0 Å². The van der Waals surface area contributed by atoms with Gasteiger partial charge in [0.05, 0.1) is 0 Å². The number of rotatable bonds is 7. The fraction of sp³-hybridized carbons (Fsp3) is 0.929. The Labute approximate surface area is 105 Å². The predicted octanol–water partition coefficient (Wildman–Crippen LogP) is 2.07. The van der Waals surface area contributed by atoms with E-state index in [1.165, 1.54) is 38.5 Å². The molecule has 2 aliphatic rings. The first-order chi connectivity index (χ1) is 8.24. The number of hydrogen-bond donors (Lipinski definition) is 2. The van der Waals surface area contributed by atoms with Gasteiger partial charge in [0.1, 0.15) is 0 Å². The Morgan fingerprint density at radius 1 is 1.24 bits per heavy atom. The van der Waals surface area contributed by atoms with E-state index in [-0.39, 0.29) is 5.91 Å². The van der Waals surface area contributed by atoms with Crippen molar-refractivity contribution >= 4 is 5.91 Å². The molecule has 0 heterocycles. The maximum absolute atomic E-state index is 11.7. The van der Waals surface area contributed by atoms with Crippen LogP contribution in [0.25, 0.3) is 0 Å². The van der Waals surface area contributed by atoms with Gasteiger partial charge in [-0.2, -0.15) is 0 Å². The van der Waals surface area contributed by atoms with Crippen molar-refractivity contribution in [2.24, 2.45) is 11.3 Å². The van der Waals surface area contributed by atoms with Gasteiger partial charge in [-0.3, -0.25) is 4.79 Å². The molecular formula is C14H26N2O. The van der Waals surface area contributed by atoms with Crippen LogP contribution in [0.1, 0.15) is 51.4 Å². The Morgan fingerprint density at radius 2 is 2.00 bits per heavy atom. The van der Waals surface area contributed by atoms with Gasteiger partial charge in [0.15, 0.2) is 0 Å². The first-order valence-corrected chi connectivity index (χ1v) is 7.15. The molecule has 1 amide bonds. The molecule has 0 spiro atoms.